The molecule has 1 saturated heterocycles. The molecule has 0 bridgehead atoms. The Morgan fingerprint density at radius 2 is 1.80 bits per heavy atom. The van der Waals surface area contributed by atoms with E-state index in [1.807, 2.05) is 0 Å². The lowest BCUT2D eigenvalue weighted by atomic mass is 9.94. The van der Waals surface area contributed by atoms with Gasteiger partial charge in [0.05, 0.1) is 4.75 Å². The Kier molecular flexibility index (Phi) is 4.25. The van der Waals surface area contributed by atoms with Crippen LogP contribution in [0.15, 0.2) is 0 Å². The van der Waals surface area contributed by atoms with Crippen LogP contribution >= 0.6 is 0 Å². The molecule has 7 heteroatoms. The van der Waals surface area contributed by atoms with Gasteiger partial charge in [0.25, 0.3) is 0 Å². The molecule has 20 heavy (non-hydrogen) atoms. The molecule has 0 aromatic heterocycles. The van der Waals surface area contributed by atoms with Crippen molar-refractivity contribution in [2.24, 2.45) is 0 Å². The fourth-order valence-corrected chi connectivity index (χ4v) is 2.58. The van der Waals surface area contributed by atoms with Gasteiger partial charge in [0, 0.05) is 12.8 Å². The molecule has 0 aromatic rings. The predicted molar refractivity (Wildman–Crippen MR) is 76.9 cm³/mol. The summed E-state index contributed by atoms with van der Waals surface area (Å²) in [7, 11) is -3.34. The summed E-state index contributed by atoms with van der Waals surface area (Å²) in [6, 6.07) is -0.614. The normalized spacial score (nSPS) is 23.7. The van der Waals surface area contributed by atoms with Gasteiger partial charge in [-0.25, -0.2) is 8.42 Å². The molecule has 1 N–H and O–H groups in total. The molecular formula is C13H24N2O4S. The Bertz CT molecular complexity index is 522. The lowest BCUT2D eigenvalue weighted by Crippen LogP contribution is -2.69. The van der Waals surface area contributed by atoms with Crippen molar-refractivity contribution in [1.82, 2.24) is 10.2 Å². The van der Waals surface area contributed by atoms with Crippen LogP contribution < -0.4 is 5.32 Å². The van der Waals surface area contributed by atoms with E-state index in [0.29, 0.717) is 6.42 Å². The smallest absolute Gasteiger partial charge is 0.248 e. The van der Waals surface area contributed by atoms with E-state index in [1.165, 1.54) is 4.90 Å². The third-order valence-electron chi connectivity index (χ3n) is 3.85. The standard InChI is InChI=1S/C13H24N2O4S/c1-7-9-10(16)14-13(4,5)11(17)15(9)8-12(2,3)20(6,18)19/h9H,7-8H2,1-6H3,(H,14,16). The first-order valence-corrected chi connectivity index (χ1v) is 8.55. The zero-order valence-electron chi connectivity index (χ0n) is 13.0. The summed E-state index contributed by atoms with van der Waals surface area (Å²) < 4.78 is 22.6. The minimum Gasteiger partial charge on any atom is -0.340 e. The Labute approximate surface area is 120 Å². The minimum absolute atomic E-state index is 0.0139. The maximum Gasteiger partial charge on any atom is 0.248 e. The fraction of sp³-hybridized carbons (Fsp3) is 0.846. The topological polar surface area (TPSA) is 83.6 Å². The summed E-state index contributed by atoms with van der Waals surface area (Å²) in [5.41, 5.74) is -1.00. The van der Waals surface area contributed by atoms with Crippen molar-refractivity contribution in [3.05, 3.63) is 0 Å². The van der Waals surface area contributed by atoms with Crippen LogP contribution in [0, 0.1) is 0 Å². The van der Waals surface area contributed by atoms with Gasteiger partial charge in [-0.1, -0.05) is 6.92 Å². The lowest BCUT2D eigenvalue weighted by molar-refractivity contribution is -0.154. The quantitative estimate of drug-likeness (QED) is 0.811. The summed E-state index contributed by atoms with van der Waals surface area (Å²) in [4.78, 5) is 26.0. The third kappa shape index (κ3) is 2.97. The van der Waals surface area contributed by atoms with Crippen molar-refractivity contribution in [1.29, 1.82) is 0 Å². The molecule has 1 aliphatic rings. The number of rotatable bonds is 4. The van der Waals surface area contributed by atoms with Crippen molar-refractivity contribution < 1.29 is 18.0 Å². The molecule has 0 radical (unpaired) electrons. The number of carbonyl (C=O) groups is 2. The summed E-state index contributed by atoms with van der Waals surface area (Å²) in [6.45, 7) is 8.21. The minimum atomic E-state index is -3.34. The predicted octanol–water partition coefficient (Wildman–Crippen LogP) is 0.325. The van der Waals surface area contributed by atoms with Crippen LogP contribution in [0.5, 0.6) is 0 Å². The van der Waals surface area contributed by atoms with Gasteiger partial charge in [-0.2, -0.15) is 0 Å². The molecule has 6 nitrogen and oxygen atoms in total. The zero-order chi connectivity index (χ0) is 15.9. The van der Waals surface area contributed by atoms with Gasteiger partial charge in [-0.15, -0.1) is 0 Å². The number of nitrogens with zero attached hydrogens (tertiary/aromatic N) is 1. The highest BCUT2D eigenvalue weighted by molar-refractivity contribution is 7.92. The molecule has 0 aliphatic carbocycles. The number of hydrogen-bond acceptors (Lipinski definition) is 4. The largest absolute Gasteiger partial charge is 0.340 e. The first-order chi connectivity index (χ1) is 8.83. The van der Waals surface area contributed by atoms with Crippen molar-refractivity contribution in [3.63, 3.8) is 0 Å². The summed E-state index contributed by atoms with van der Waals surface area (Å²) in [5, 5.41) is 2.68. The second kappa shape index (κ2) is 5.02. The summed E-state index contributed by atoms with van der Waals surface area (Å²) in [5.74, 6) is -0.484. The van der Waals surface area contributed by atoms with E-state index in [1.54, 1.807) is 34.6 Å². The van der Waals surface area contributed by atoms with Crippen molar-refractivity contribution in [3.8, 4) is 0 Å². The van der Waals surface area contributed by atoms with E-state index in [9.17, 15) is 18.0 Å². The van der Waals surface area contributed by atoms with Crippen LogP contribution in [0.2, 0.25) is 0 Å². The maximum absolute atomic E-state index is 12.5. The molecule has 1 heterocycles. The molecule has 1 fully saturated rings. The summed E-state index contributed by atoms with van der Waals surface area (Å²) >= 11 is 0. The average Bonchev–Trinajstić information content (AvgIpc) is 2.23. The first kappa shape index (κ1) is 16.9. The molecule has 2 amide bonds. The molecule has 1 aliphatic heterocycles. The highest BCUT2D eigenvalue weighted by Crippen LogP contribution is 2.25. The average molecular weight is 304 g/mol. The Hall–Kier alpha value is -1.11. The number of carbonyl (C=O) groups excluding carboxylic acids is 2. The molecule has 1 rings (SSSR count). The number of amides is 2. The van der Waals surface area contributed by atoms with Gasteiger partial charge in [0.1, 0.15) is 11.6 Å². The summed E-state index contributed by atoms with van der Waals surface area (Å²) in [6.07, 6.45) is 1.60. The lowest BCUT2D eigenvalue weighted by Gasteiger charge is -2.45. The van der Waals surface area contributed by atoms with E-state index < -0.39 is 26.2 Å². The van der Waals surface area contributed by atoms with Crippen LogP contribution in [0.25, 0.3) is 0 Å². The van der Waals surface area contributed by atoms with E-state index in [2.05, 4.69) is 5.32 Å². The highest BCUT2D eigenvalue weighted by atomic mass is 32.2. The number of nitrogens with one attached hydrogen (secondary N) is 1. The first-order valence-electron chi connectivity index (χ1n) is 6.66. The van der Waals surface area contributed by atoms with Crippen LogP contribution in [0.3, 0.4) is 0 Å². The Balaban J connectivity index is 3.17. The number of piperazine rings is 1. The second-order valence-electron chi connectivity index (χ2n) is 6.50. The van der Waals surface area contributed by atoms with Gasteiger partial charge in [0.2, 0.25) is 11.8 Å². The second-order valence-corrected chi connectivity index (χ2v) is 9.15. The molecule has 116 valence electrons. The van der Waals surface area contributed by atoms with Crippen LogP contribution in [-0.2, 0) is 19.4 Å². The molecule has 0 saturated carbocycles. The molecule has 1 atom stereocenters. The van der Waals surface area contributed by atoms with E-state index in [-0.39, 0.29) is 18.4 Å². The number of hydrogen-bond donors (Lipinski definition) is 1. The van der Waals surface area contributed by atoms with Crippen molar-refractivity contribution in [2.45, 2.75) is 57.4 Å². The number of sulfone groups is 1. The molecule has 0 spiro atoms. The van der Waals surface area contributed by atoms with Crippen molar-refractivity contribution >= 4 is 21.7 Å². The van der Waals surface area contributed by atoms with Gasteiger partial charge in [0.15, 0.2) is 9.84 Å². The van der Waals surface area contributed by atoms with Crippen molar-refractivity contribution in [2.75, 3.05) is 12.8 Å². The SMILES string of the molecule is CCC1C(=O)NC(C)(C)C(=O)N1CC(C)(C)S(C)(=O)=O. The zero-order valence-corrected chi connectivity index (χ0v) is 13.8. The van der Waals surface area contributed by atoms with Gasteiger partial charge >= 0.3 is 0 Å². The van der Waals surface area contributed by atoms with E-state index in [0.717, 1.165) is 6.26 Å². The van der Waals surface area contributed by atoms with Gasteiger partial charge < -0.3 is 10.2 Å². The molecule has 1 unspecified atom stereocenters. The van der Waals surface area contributed by atoms with E-state index in [4.69, 9.17) is 0 Å². The van der Waals surface area contributed by atoms with Crippen LogP contribution in [-0.4, -0.2) is 54.3 Å². The van der Waals surface area contributed by atoms with E-state index >= 15 is 0 Å². The Morgan fingerprint density at radius 1 is 1.30 bits per heavy atom. The van der Waals surface area contributed by atoms with Crippen LogP contribution in [0.1, 0.15) is 41.0 Å². The van der Waals surface area contributed by atoms with Gasteiger partial charge in [-0.3, -0.25) is 9.59 Å². The molecular weight excluding hydrogens is 280 g/mol. The highest BCUT2D eigenvalue weighted by Gasteiger charge is 2.47. The third-order valence-corrected chi connectivity index (χ3v) is 5.99. The Morgan fingerprint density at radius 3 is 2.20 bits per heavy atom. The maximum atomic E-state index is 12.5. The van der Waals surface area contributed by atoms with Gasteiger partial charge in [-0.05, 0) is 34.1 Å². The van der Waals surface area contributed by atoms with Crippen LogP contribution in [0.4, 0.5) is 0 Å². The molecule has 0 aromatic carbocycles. The fourth-order valence-electron chi connectivity index (χ4n) is 2.20. The monoisotopic (exact) mass is 304 g/mol.